The molecule has 5 heteroatoms. The van der Waals surface area contributed by atoms with Crippen molar-refractivity contribution >= 4 is 23.5 Å². The van der Waals surface area contributed by atoms with E-state index in [0.29, 0.717) is 10.6 Å². The zero-order valence-electron chi connectivity index (χ0n) is 13.0. The van der Waals surface area contributed by atoms with Gasteiger partial charge in [-0.1, -0.05) is 54.1 Å². The lowest BCUT2D eigenvalue weighted by molar-refractivity contribution is -0.131. The largest absolute Gasteiger partial charge is 0.325 e. The Morgan fingerprint density at radius 3 is 2.43 bits per heavy atom. The average Bonchev–Trinajstić information content (AvgIpc) is 2.74. The smallest absolute Gasteiger partial charge is 0.319 e. The van der Waals surface area contributed by atoms with Crippen LogP contribution in [0.2, 0.25) is 5.02 Å². The molecular formula is C18H17ClN2O2. The average molecular weight is 329 g/mol. The highest BCUT2D eigenvalue weighted by molar-refractivity contribution is 6.32. The second-order valence-electron chi connectivity index (χ2n) is 5.85. The van der Waals surface area contributed by atoms with Crippen LogP contribution in [0.4, 0.5) is 4.79 Å². The molecule has 1 N–H and O–H groups in total. The number of carbonyl (C=O) groups excluding carboxylic acids is 2. The van der Waals surface area contributed by atoms with Crippen LogP contribution < -0.4 is 5.32 Å². The second kappa shape index (κ2) is 5.70. The fraction of sp³-hybridized carbons (Fsp3) is 0.222. The van der Waals surface area contributed by atoms with E-state index in [1.807, 2.05) is 31.2 Å². The molecule has 0 aliphatic carbocycles. The van der Waals surface area contributed by atoms with Gasteiger partial charge in [0, 0.05) is 10.6 Å². The summed E-state index contributed by atoms with van der Waals surface area (Å²) in [5.41, 5.74) is 1.45. The highest BCUT2D eigenvalue weighted by atomic mass is 35.5. The number of aryl methyl sites for hydroxylation is 1. The van der Waals surface area contributed by atoms with Crippen LogP contribution in [0.3, 0.4) is 0 Å². The minimum atomic E-state index is -1.14. The Labute approximate surface area is 140 Å². The molecule has 118 valence electrons. The third-order valence-electron chi connectivity index (χ3n) is 4.28. The summed E-state index contributed by atoms with van der Waals surface area (Å²) in [6.07, 6.45) is 0. The quantitative estimate of drug-likeness (QED) is 0.875. The number of halogens is 1. The lowest BCUT2D eigenvalue weighted by atomic mass is 9.92. The molecule has 1 aliphatic heterocycles. The standard InChI is InChI=1S/C18H17ClN2O2/c1-12-7-3-4-8-13(12)11-21-16(22)18(2,20-17(21)23)14-9-5-6-10-15(14)19/h3-10H,11H2,1-2H3,(H,20,23)/t18-/m1/s1. The topological polar surface area (TPSA) is 49.4 Å². The molecule has 1 saturated heterocycles. The van der Waals surface area contributed by atoms with E-state index in [4.69, 9.17) is 11.6 Å². The summed E-state index contributed by atoms with van der Waals surface area (Å²) in [4.78, 5) is 26.5. The molecule has 2 aromatic rings. The van der Waals surface area contributed by atoms with Gasteiger partial charge in [0.2, 0.25) is 0 Å². The van der Waals surface area contributed by atoms with Crippen LogP contribution in [0.15, 0.2) is 48.5 Å². The predicted molar refractivity (Wildman–Crippen MR) is 89.1 cm³/mol. The highest BCUT2D eigenvalue weighted by Crippen LogP contribution is 2.34. The lowest BCUT2D eigenvalue weighted by Gasteiger charge is -2.23. The van der Waals surface area contributed by atoms with Gasteiger partial charge in [-0.2, -0.15) is 0 Å². The number of nitrogens with one attached hydrogen (secondary N) is 1. The SMILES string of the molecule is Cc1ccccc1CN1C(=O)N[C@](C)(c2ccccc2Cl)C1=O. The van der Waals surface area contributed by atoms with Crippen LogP contribution in [0.5, 0.6) is 0 Å². The summed E-state index contributed by atoms with van der Waals surface area (Å²) in [6.45, 7) is 3.89. The van der Waals surface area contributed by atoms with E-state index >= 15 is 0 Å². The predicted octanol–water partition coefficient (Wildman–Crippen LogP) is 3.62. The fourth-order valence-electron chi connectivity index (χ4n) is 2.85. The fourth-order valence-corrected chi connectivity index (χ4v) is 3.17. The van der Waals surface area contributed by atoms with Crippen LogP contribution in [0, 0.1) is 6.92 Å². The third-order valence-corrected chi connectivity index (χ3v) is 4.61. The minimum absolute atomic E-state index is 0.247. The molecule has 4 nitrogen and oxygen atoms in total. The summed E-state index contributed by atoms with van der Waals surface area (Å²) >= 11 is 6.22. The van der Waals surface area contributed by atoms with Crippen molar-refractivity contribution in [2.24, 2.45) is 0 Å². The van der Waals surface area contributed by atoms with E-state index < -0.39 is 11.6 Å². The summed E-state index contributed by atoms with van der Waals surface area (Å²) in [5.74, 6) is -0.293. The number of hydrogen-bond donors (Lipinski definition) is 1. The molecule has 1 atom stereocenters. The molecule has 0 radical (unpaired) electrons. The zero-order chi connectivity index (χ0) is 16.6. The van der Waals surface area contributed by atoms with Crippen LogP contribution in [-0.4, -0.2) is 16.8 Å². The van der Waals surface area contributed by atoms with E-state index in [9.17, 15) is 9.59 Å². The molecule has 0 bridgehead atoms. The second-order valence-corrected chi connectivity index (χ2v) is 6.26. The molecule has 0 aromatic heterocycles. The maximum atomic E-state index is 12.9. The number of imide groups is 1. The number of carbonyl (C=O) groups is 2. The Kier molecular flexibility index (Phi) is 3.86. The molecule has 3 rings (SSSR count). The van der Waals surface area contributed by atoms with Gasteiger partial charge in [0.15, 0.2) is 0 Å². The lowest BCUT2D eigenvalue weighted by Crippen LogP contribution is -2.41. The Morgan fingerprint density at radius 2 is 1.74 bits per heavy atom. The summed E-state index contributed by atoms with van der Waals surface area (Å²) in [5, 5.41) is 3.24. The van der Waals surface area contributed by atoms with E-state index in [0.717, 1.165) is 11.1 Å². The number of nitrogens with zero attached hydrogens (tertiary/aromatic N) is 1. The first-order valence-electron chi connectivity index (χ1n) is 7.37. The number of urea groups is 1. The molecule has 1 fully saturated rings. The Hall–Kier alpha value is -2.33. The van der Waals surface area contributed by atoms with Crippen LogP contribution in [0.25, 0.3) is 0 Å². The first-order chi connectivity index (χ1) is 10.9. The van der Waals surface area contributed by atoms with Crippen molar-refractivity contribution in [2.75, 3.05) is 0 Å². The summed E-state index contributed by atoms with van der Waals surface area (Å²) in [7, 11) is 0. The molecule has 1 aliphatic rings. The number of hydrogen-bond acceptors (Lipinski definition) is 2. The van der Waals surface area contributed by atoms with Crippen molar-refractivity contribution in [3.05, 3.63) is 70.2 Å². The molecule has 0 saturated carbocycles. The molecule has 0 unspecified atom stereocenters. The molecule has 0 spiro atoms. The van der Waals surface area contributed by atoms with Gasteiger partial charge in [-0.15, -0.1) is 0 Å². The van der Waals surface area contributed by atoms with Gasteiger partial charge in [0.25, 0.3) is 5.91 Å². The number of benzene rings is 2. The van der Waals surface area contributed by atoms with Crippen LogP contribution in [0.1, 0.15) is 23.6 Å². The molecule has 23 heavy (non-hydrogen) atoms. The van der Waals surface area contributed by atoms with Gasteiger partial charge < -0.3 is 5.32 Å². The zero-order valence-corrected chi connectivity index (χ0v) is 13.7. The van der Waals surface area contributed by atoms with E-state index in [2.05, 4.69) is 5.32 Å². The molecule has 2 aromatic carbocycles. The van der Waals surface area contributed by atoms with Crippen molar-refractivity contribution in [2.45, 2.75) is 25.9 Å². The van der Waals surface area contributed by atoms with Gasteiger partial charge in [-0.3, -0.25) is 9.69 Å². The van der Waals surface area contributed by atoms with Gasteiger partial charge in [0.1, 0.15) is 5.54 Å². The van der Waals surface area contributed by atoms with E-state index in [1.54, 1.807) is 31.2 Å². The first kappa shape index (κ1) is 15.6. The molecule has 3 amide bonds. The van der Waals surface area contributed by atoms with Gasteiger partial charge in [0.05, 0.1) is 6.54 Å². The van der Waals surface area contributed by atoms with Gasteiger partial charge in [-0.05, 0) is 31.0 Å². The number of rotatable bonds is 3. The van der Waals surface area contributed by atoms with Crippen molar-refractivity contribution in [1.29, 1.82) is 0 Å². The summed E-state index contributed by atoms with van der Waals surface area (Å²) < 4.78 is 0. The normalized spacial score (nSPS) is 20.7. The molecular weight excluding hydrogens is 312 g/mol. The van der Waals surface area contributed by atoms with Crippen LogP contribution in [-0.2, 0) is 16.9 Å². The van der Waals surface area contributed by atoms with Gasteiger partial charge in [-0.25, -0.2) is 4.79 Å². The minimum Gasteiger partial charge on any atom is -0.319 e. The van der Waals surface area contributed by atoms with E-state index in [1.165, 1.54) is 4.90 Å². The Balaban J connectivity index is 1.94. The van der Waals surface area contributed by atoms with Crippen molar-refractivity contribution in [3.8, 4) is 0 Å². The Morgan fingerprint density at radius 1 is 1.09 bits per heavy atom. The third kappa shape index (κ3) is 2.59. The Bertz CT molecular complexity index is 790. The van der Waals surface area contributed by atoms with E-state index in [-0.39, 0.29) is 12.5 Å². The highest BCUT2D eigenvalue weighted by Gasteiger charge is 2.49. The van der Waals surface area contributed by atoms with Crippen molar-refractivity contribution in [1.82, 2.24) is 10.2 Å². The summed E-state index contributed by atoms with van der Waals surface area (Å²) in [6, 6.07) is 14.4. The maximum absolute atomic E-state index is 12.9. The maximum Gasteiger partial charge on any atom is 0.325 e. The van der Waals surface area contributed by atoms with Crippen molar-refractivity contribution < 1.29 is 9.59 Å². The van der Waals surface area contributed by atoms with Crippen molar-refractivity contribution in [3.63, 3.8) is 0 Å². The first-order valence-corrected chi connectivity index (χ1v) is 7.75. The van der Waals surface area contributed by atoms with Crippen LogP contribution >= 0.6 is 11.6 Å². The molecule has 1 heterocycles. The monoisotopic (exact) mass is 328 g/mol. The number of amides is 3. The van der Waals surface area contributed by atoms with Gasteiger partial charge >= 0.3 is 6.03 Å².